The first-order valence-corrected chi connectivity index (χ1v) is 19.9. The van der Waals surface area contributed by atoms with Crippen LogP contribution in [0.5, 0.6) is 5.75 Å². The van der Waals surface area contributed by atoms with Gasteiger partial charge in [-0.1, -0.05) is 44.2 Å². The predicted octanol–water partition coefficient (Wildman–Crippen LogP) is 2.65. The number of nitrogens with zero attached hydrogens (tertiary/aromatic N) is 3. The second-order valence-corrected chi connectivity index (χ2v) is 15.2. The van der Waals surface area contributed by atoms with E-state index in [9.17, 15) is 42.2 Å². The first kappa shape index (κ1) is 43.9. The Morgan fingerprint density at radius 3 is 2.40 bits per heavy atom. The molecule has 0 fully saturated rings. The Morgan fingerprint density at radius 1 is 0.982 bits per heavy atom. The number of benzene rings is 2. The summed E-state index contributed by atoms with van der Waals surface area (Å²) in [6.45, 7) is 4.02. The number of nitrogens with one attached hydrogen (secondary N) is 5. The molecule has 2 aromatic carbocycles. The Balaban J connectivity index is 1.25. The van der Waals surface area contributed by atoms with Gasteiger partial charge in [0.15, 0.2) is 5.82 Å². The molecule has 18 nitrogen and oxygen atoms in total. The number of rotatable bonds is 15. The Bertz CT molecular complexity index is 1990. The summed E-state index contributed by atoms with van der Waals surface area (Å²) < 4.78 is 38.3. The molecule has 3 aromatic rings. The quantitative estimate of drug-likeness (QED) is 0.0386. The van der Waals surface area contributed by atoms with Gasteiger partial charge in [-0.3, -0.25) is 33.7 Å². The minimum absolute atomic E-state index is 0.0237. The number of azo groups is 1. The van der Waals surface area contributed by atoms with Crippen LogP contribution in [-0.4, -0.2) is 85.0 Å². The Labute approximate surface area is 330 Å². The summed E-state index contributed by atoms with van der Waals surface area (Å²) in [6.07, 6.45) is 2.80. The lowest BCUT2D eigenvalue weighted by atomic mass is 9.81. The zero-order valence-corrected chi connectivity index (χ0v) is 32.5. The molecule has 0 saturated heterocycles. The maximum absolute atomic E-state index is 13.7. The number of hydrogen-bond donors (Lipinski definition) is 7. The van der Waals surface area contributed by atoms with Crippen molar-refractivity contribution in [3.8, 4) is 5.75 Å². The van der Waals surface area contributed by atoms with Crippen LogP contribution in [0.15, 0.2) is 82.0 Å². The second kappa shape index (κ2) is 21.5. The number of hydroxylamine groups is 1. The van der Waals surface area contributed by atoms with E-state index < -0.39 is 57.5 Å². The summed E-state index contributed by atoms with van der Waals surface area (Å²) >= 11 is 0. The Morgan fingerprint density at radius 2 is 1.72 bits per heavy atom. The molecule has 7 N–H and O–H groups in total. The number of amides is 5. The van der Waals surface area contributed by atoms with Crippen molar-refractivity contribution in [3.05, 3.63) is 83.6 Å². The number of carbonyl (C=O) groups excluding carboxylic acids is 5. The number of hydrogen-bond acceptors (Lipinski definition) is 12. The van der Waals surface area contributed by atoms with E-state index in [4.69, 9.17) is 4.74 Å². The zero-order valence-electron chi connectivity index (χ0n) is 31.6. The van der Waals surface area contributed by atoms with Crippen molar-refractivity contribution in [2.24, 2.45) is 28.0 Å². The molecule has 2 aliphatic heterocycles. The van der Waals surface area contributed by atoms with Gasteiger partial charge < -0.3 is 26.0 Å². The van der Waals surface area contributed by atoms with Gasteiger partial charge in [-0.15, -0.1) is 5.11 Å². The van der Waals surface area contributed by atoms with E-state index in [-0.39, 0.29) is 66.8 Å². The molecule has 306 valence electrons. The lowest BCUT2D eigenvalue weighted by Gasteiger charge is -2.28. The SMILES string of the molecule is CC(C)CC1C(=O)NC(C(=O)NCC(=O)NCCCNC(=O)c2ccc(N=NCc3ccccc3S(=O)(=O)O)nc2)Cc2ccc(cc2)OCCCC1C(=O)NO. The fourth-order valence-corrected chi connectivity index (χ4v) is 6.84. The van der Waals surface area contributed by atoms with Crippen molar-refractivity contribution in [2.45, 2.75) is 63.4 Å². The summed E-state index contributed by atoms with van der Waals surface area (Å²) in [6, 6.07) is 14.8. The van der Waals surface area contributed by atoms with Crippen molar-refractivity contribution >= 4 is 45.5 Å². The van der Waals surface area contributed by atoms with Crippen molar-refractivity contribution in [1.82, 2.24) is 31.7 Å². The summed E-state index contributed by atoms with van der Waals surface area (Å²) in [5.74, 6) is -3.64. The molecule has 19 heteroatoms. The Kier molecular flexibility index (Phi) is 16.6. The van der Waals surface area contributed by atoms with Crippen LogP contribution in [0.25, 0.3) is 0 Å². The topological polar surface area (TPSA) is 267 Å². The highest BCUT2D eigenvalue weighted by molar-refractivity contribution is 7.85. The minimum Gasteiger partial charge on any atom is -0.494 e. The third-order valence-electron chi connectivity index (χ3n) is 8.98. The third-order valence-corrected chi connectivity index (χ3v) is 9.93. The van der Waals surface area contributed by atoms with Gasteiger partial charge >= 0.3 is 0 Å². The molecule has 3 unspecified atom stereocenters. The van der Waals surface area contributed by atoms with E-state index in [1.54, 1.807) is 35.8 Å². The van der Waals surface area contributed by atoms with Crippen LogP contribution in [0.2, 0.25) is 0 Å². The molecule has 0 radical (unpaired) electrons. The summed E-state index contributed by atoms with van der Waals surface area (Å²) in [4.78, 5) is 68.8. The molecule has 3 atom stereocenters. The number of carbonyl (C=O) groups is 5. The molecule has 2 aliphatic rings. The number of ether oxygens (including phenoxy) is 1. The van der Waals surface area contributed by atoms with Crippen molar-refractivity contribution < 1.29 is 46.9 Å². The largest absolute Gasteiger partial charge is 0.494 e. The highest BCUT2D eigenvalue weighted by Gasteiger charge is 2.36. The molecule has 2 bridgehead atoms. The summed E-state index contributed by atoms with van der Waals surface area (Å²) in [5, 5.41) is 28.1. The fourth-order valence-electron chi connectivity index (χ4n) is 6.12. The first-order valence-electron chi connectivity index (χ1n) is 18.4. The summed E-state index contributed by atoms with van der Waals surface area (Å²) in [5.41, 5.74) is 2.90. The van der Waals surface area contributed by atoms with Crippen molar-refractivity contribution in [2.75, 3.05) is 26.2 Å². The molecule has 5 rings (SSSR count). The highest BCUT2D eigenvalue weighted by atomic mass is 32.2. The van der Waals surface area contributed by atoms with Crippen LogP contribution in [0.4, 0.5) is 5.82 Å². The van der Waals surface area contributed by atoms with Gasteiger partial charge in [0.1, 0.15) is 11.8 Å². The molecule has 0 aliphatic carbocycles. The van der Waals surface area contributed by atoms with E-state index in [2.05, 4.69) is 36.5 Å². The van der Waals surface area contributed by atoms with Gasteiger partial charge in [0.05, 0.1) is 36.1 Å². The number of pyridine rings is 1. The molecule has 5 amide bonds. The maximum Gasteiger partial charge on any atom is 0.294 e. The van der Waals surface area contributed by atoms with Crippen LogP contribution in [0.1, 0.15) is 61.0 Å². The smallest absolute Gasteiger partial charge is 0.294 e. The average molecular weight is 809 g/mol. The van der Waals surface area contributed by atoms with Crippen molar-refractivity contribution in [3.63, 3.8) is 0 Å². The Hall–Kier alpha value is -5.79. The first-order chi connectivity index (χ1) is 27.2. The summed E-state index contributed by atoms with van der Waals surface area (Å²) in [7, 11) is -4.42. The monoisotopic (exact) mass is 808 g/mol. The van der Waals surface area contributed by atoms with Crippen molar-refractivity contribution in [1.29, 1.82) is 0 Å². The lowest BCUT2D eigenvalue weighted by Crippen LogP contribution is -2.53. The fraction of sp³-hybridized carbons (Fsp3) is 0.421. The van der Waals surface area contributed by atoms with Crippen LogP contribution in [0, 0.1) is 17.8 Å². The van der Waals surface area contributed by atoms with E-state index in [0.29, 0.717) is 31.6 Å². The van der Waals surface area contributed by atoms with E-state index in [0.717, 1.165) is 5.56 Å². The standard InChI is InChI=1S/C38H48N8O10S/c1-24(2)19-30-29(37(50)46-52)8-5-18-56-28-13-10-25(11-14-28)20-31(44-36(30)49)38(51)42-23-34(47)39-16-6-17-40-35(48)27-12-15-33(41-21-27)45-43-22-26-7-3-4-9-32(26)57(53,54)55/h3-4,7,9-15,21,24,29-31,52H,5-6,8,16-20,22-23H2,1-2H3,(H,39,47)(H,40,48)(H,42,51)(H,44,49)(H,46,50)(H,53,54,55). The number of aromatic nitrogens is 1. The van der Waals surface area contributed by atoms with E-state index in [1.165, 1.54) is 36.5 Å². The lowest BCUT2D eigenvalue weighted by molar-refractivity contribution is -0.142. The van der Waals surface area contributed by atoms with Crippen LogP contribution >= 0.6 is 0 Å². The molecule has 1 aromatic heterocycles. The zero-order chi connectivity index (χ0) is 41.4. The maximum atomic E-state index is 13.7. The predicted molar refractivity (Wildman–Crippen MR) is 205 cm³/mol. The van der Waals surface area contributed by atoms with E-state index >= 15 is 0 Å². The normalized spacial score (nSPS) is 17.6. The molecular weight excluding hydrogens is 761 g/mol. The van der Waals surface area contributed by atoms with Gasteiger partial charge in [0, 0.05) is 31.6 Å². The molecule has 0 spiro atoms. The van der Waals surface area contributed by atoms with Crippen LogP contribution < -0.4 is 31.5 Å². The highest BCUT2D eigenvalue weighted by Crippen LogP contribution is 2.27. The third kappa shape index (κ3) is 14.0. The van der Waals surface area contributed by atoms with Gasteiger partial charge in [-0.2, -0.15) is 13.5 Å². The van der Waals surface area contributed by atoms with Crippen LogP contribution in [-0.2, 0) is 42.3 Å². The van der Waals surface area contributed by atoms with E-state index in [1.807, 2.05) is 13.8 Å². The van der Waals surface area contributed by atoms with Crippen LogP contribution in [0.3, 0.4) is 0 Å². The average Bonchev–Trinajstić information content (AvgIpc) is 3.18. The molecule has 0 saturated carbocycles. The molecular formula is C38H48N8O10S. The van der Waals surface area contributed by atoms with Gasteiger partial charge in [-0.25, -0.2) is 10.5 Å². The number of fused-ring (bicyclic) bond motifs is 11. The van der Waals surface area contributed by atoms with Gasteiger partial charge in [0.2, 0.25) is 23.6 Å². The van der Waals surface area contributed by atoms with Gasteiger partial charge in [-0.05, 0) is 73.1 Å². The van der Waals surface area contributed by atoms with Gasteiger partial charge in [0.25, 0.3) is 16.0 Å². The second-order valence-electron chi connectivity index (χ2n) is 13.8. The molecule has 57 heavy (non-hydrogen) atoms. The minimum atomic E-state index is -4.42. The molecule has 3 heterocycles.